The first-order valence-corrected chi connectivity index (χ1v) is 8.44. The van der Waals surface area contributed by atoms with Crippen molar-refractivity contribution in [3.8, 4) is 0 Å². The molecule has 7 nitrogen and oxygen atoms in total. The van der Waals surface area contributed by atoms with E-state index in [-0.39, 0.29) is 24.2 Å². The van der Waals surface area contributed by atoms with Gasteiger partial charge in [-0.1, -0.05) is 47.5 Å². The van der Waals surface area contributed by atoms with Crippen molar-refractivity contribution < 1.29 is 29.0 Å². The van der Waals surface area contributed by atoms with Gasteiger partial charge in [0.2, 0.25) is 0 Å². The molecule has 0 unspecified atom stereocenters. The summed E-state index contributed by atoms with van der Waals surface area (Å²) in [6, 6.07) is -0.554. The Morgan fingerprint density at radius 3 is 2.08 bits per heavy atom. The predicted octanol–water partition coefficient (Wildman–Crippen LogP) is 3.17. The SMILES string of the molecule is CCC[C@@H](C)[C@@H](C)[C@@H](CC(=O)O)NC(=O)O[C@@H](OC(C)=O)C(C)C. The molecule has 4 atom stereocenters. The van der Waals surface area contributed by atoms with Gasteiger partial charge in [0.15, 0.2) is 0 Å². The molecule has 24 heavy (non-hydrogen) atoms. The van der Waals surface area contributed by atoms with E-state index >= 15 is 0 Å². The van der Waals surface area contributed by atoms with Gasteiger partial charge in [-0.2, -0.15) is 0 Å². The predicted molar refractivity (Wildman–Crippen MR) is 89.3 cm³/mol. The molecule has 0 aliphatic carbocycles. The molecule has 0 spiro atoms. The topological polar surface area (TPSA) is 102 Å². The molecule has 0 bridgehead atoms. The minimum Gasteiger partial charge on any atom is -0.481 e. The molecule has 0 fully saturated rings. The number of rotatable bonds is 10. The normalized spacial score (nSPS) is 16.0. The minimum absolute atomic E-state index is 0.0279. The molecule has 2 N–H and O–H groups in total. The monoisotopic (exact) mass is 345 g/mol. The molecular formula is C17H31NO6. The standard InChI is InChI=1S/C17H31NO6/c1-7-8-11(4)12(5)14(9-15(20)21)18-17(22)24-16(10(2)3)23-13(6)19/h10-12,14,16H,7-9H2,1-6H3,(H,18,22)(H,20,21)/t11-,12-,14-,16-/m1/s1. The number of carboxylic acids is 1. The van der Waals surface area contributed by atoms with Crippen LogP contribution in [-0.2, 0) is 19.1 Å². The van der Waals surface area contributed by atoms with Crippen molar-refractivity contribution in [2.24, 2.45) is 17.8 Å². The van der Waals surface area contributed by atoms with E-state index in [2.05, 4.69) is 12.2 Å². The average molecular weight is 345 g/mol. The molecule has 7 heteroatoms. The summed E-state index contributed by atoms with van der Waals surface area (Å²) in [5.74, 6) is -1.52. The van der Waals surface area contributed by atoms with E-state index in [9.17, 15) is 14.4 Å². The van der Waals surface area contributed by atoms with Crippen molar-refractivity contribution in [3.05, 3.63) is 0 Å². The summed E-state index contributed by atoms with van der Waals surface area (Å²) >= 11 is 0. The fourth-order valence-electron chi connectivity index (χ4n) is 2.42. The molecule has 0 aliphatic rings. The molecule has 0 aromatic carbocycles. The van der Waals surface area contributed by atoms with Gasteiger partial charge >= 0.3 is 18.0 Å². The highest BCUT2D eigenvalue weighted by Gasteiger charge is 2.28. The molecule has 0 saturated carbocycles. The summed E-state index contributed by atoms with van der Waals surface area (Å²) in [5, 5.41) is 11.7. The van der Waals surface area contributed by atoms with Crippen LogP contribution in [0.25, 0.3) is 0 Å². The van der Waals surface area contributed by atoms with Crippen molar-refractivity contribution in [2.45, 2.75) is 73.1 Å². The number of carbonyl (C=O) groups excluding carboxylic acids is 2. The number of hydrogen-bond donors (Lipinski definition) is 2. The van der Waals surface area contributed by atoms with E-state index in [4.69, 9.17) is 14.6 Å². The highest BCUT2D eigenvalue weighted by atomic mass is 16.7. The largest absolute Gasteiger partial charge is 0.481 e. The number of hydrogen-bond acceptors (Lipinski definition) is 5. The molecule has 140 valence electrons. The van der Waals surface area contributed by atoms with Crippen LogP contribution < -0.4 is 5.32 Å². The van der Waals surface area contributed by atoms with Crippen molar-refractivity contribution in [2.75, 3.05) is 0 Å². The molecule has 0 radical (unpaired) electrons. The van der Waals surface area contributed by atoms with E-state index in [0.29, 0.717) is 0 Å². The van der Waals surface area contributed by atoms with E-state index in [1.165, 1.54) is 6.92 Å². The fraction of sp³-hybridized carbons (Fsp3) is 0.824. The number of amides is 1. The maximum absolute atomic E-state index is 12.1. The number of nitrogens with one attached hydrogen (secondary N) is 1. The number of carboxylic acid groups (broad SMARTS) is 1. The van der Waals surface area contributed by atoms with Gasteiger partial charge in [0.1, 0.15) is 0 Å². The van der Waals surface area contributed by atoms with Crippen LogP contribution in [0.4, 0.5) is 4.79 Å². The molecular weight excluding hydrogens is 314 g/mol. The number of aliphatic carboxylic acids is 1. The Morgan fingerprint density at radius 2 is 1.67 bits per heavy atom. The van der Waals surface area contributed by atoms with E-state index in [1.807, 2.05) is 13.8 Å². The Bertz CT molecular complexity index is 423. The zero-order chi connectivity index (χ0) is 18.9. The average Bonchev–Trinajstić information content (AvgIpc) is 2.44. The zero-order valence-corrected chi connectivity index (χ0v) is 15.5. The Hall–Kier alpha value is -1.79. The lowest BCUT2D eigenvalue weighted by atomic mass is 9.84. The third kappa shape index (κ3) is 8.74. The summed E-state index contributed by atoms with van der Waals surface area (Å²) in [4.78, 5) is 34.3. The Labute approximate surface area is 144 Å². The van der Waals surface area contributed by atoms with Crippen LogP contribution in [0.3, 0.4) is 0 Å². The first-order valence-electron chi connectivity index (χ1n) is 8.44. The van der Waals surface area contributed by atoms with Crippen molar-refractivity contribution in [3.63, 3.8) is 0 Å². The summed E-state index contributed by atoms with van der Waals surface area (Å²) in [6.07, 6.45) is -0.0501. The quantitative estimate of drug-likeness (QED) is 0.466. The van der Waals surface area contributed by atoms with E-state index in [1.54, 1.807) is 13.8 Å². The Balaban J connectivity index is 4.90. The highest BCUT2D eigenvalue weighted by Crippen LogP contribution is 2.22. The van der Waals surface area contributed by atoms with Gasteiger partial charge in [0, 0.05) is 18.9 Å². The number of ether oxygens (including phenoxy) is 2. The fourth-order valence-corrected chi connectivity index (χ4v) is 2.42. The summed E-state index contributed by atoms with van der Waals surface area (Å²) in [5.41, 5.74) is 0. The molecule has 0 aliphatic heterocycles. The number of alkyl carbamates (subject to hydrolysis) is 1. The maximum atomic E-state index is 12.1. The van der Waals surface area contributed by atoms with E-state index in [0.717, 1.165) is 12.8 Å². The third-order valence-corrected chi connectivity index (χ3v) is 4.02. The first-order chi connectivity index (χ1) is 11.1. The lowest BCUT2D eigenvalue weighted by Crippen LogP contribution is -2.45. The maximum Gasteiger partial charge on any atom is 0.410 e. The van der Waals surface area contributed by atoms with Crippen molar-refractivity contribution in [1.82, 2.24) is 5.32 Å². The van der Waals surface area contributed by atoms with Crippen LogP contribution in [0.15, 0.2) is 0 Å². The smallest absolute Gasteiger partial charge is 0.410 e. The summed E-state index contributed by atoms with van der Waals surface area (Å²) in [6.45, 7) is 10.7. The molecule has 0 saturated heterocycles. The summed E-state index contributed by atoms with van der Waals surface area (Å²) < 4.78 is 10.1. The van der Waals surface area contributed by atoms with Crippen LogP contribution in [0, 0.1) is 17.8 Å². The highest BCUT2D eigenvalue weighted by molar-refractivity contribution is 5.72. The van der Waals surface area contributed by atoms with Gasteiger partial charge in [-0.3, -0.25) is 9.59 Å². The van der Waals surface area contributed by atoms with Crippen LogP contribution in [0.1, 0.15) is 60.8 Å². The Morgan fingerprint density at radius 1 is 1.08 bits per heavy atom. The van der Waals surface area contributed by atoms with Crippen LogP contribution in [0.2, 0.25) is 0 Å². The number of esters is 1. The lowest BCUT2D eigenvalue weighted by molar-refractivity contribution is -0.172. The van der Waals surface area contributed by atoms with Crippen molar-refractivity contribution >= 4 is 18.0 Å². The Kier molecular flexibility index (Phi) is 10.1. The molecule has 0 rings (SSSR count). The second-order valence-electron chi connectivity index (χ2n) is 6.60. The zero-order valence-electron chi connectivity index (χ0n) is 15.5. The molecule has 0 heterocycles. The second kappa shape index (κ2) is 10.9. The van der Waals surface area contributed by atoms with Gasteiger partial charge < -0.3 is 19.9 Å². The molecule has 0 aromatic rings. The van der Waals surface area contributed by atoms with Gasteiger partial charge in [-0.15, -0.1) is 0 Å². The lowest BCUT2D eigenvalue weighted by Gasteiger charge is -2.29. The molecule has 0 aromatic heterocycles. The van der Waals surface area contributed by atoms with E-state index < -0.39 is 30.4 Å². The van der Waals surface area contributed by atoms with Crippen molar-refractivity contribution in [1.29, 1.82) is 0 Å². The van der Waals surface area contributed by atoms with Gasteiger partial charge in [-0.05, 0) is 11.8 Å². The van der Waals surface area contributed by atoms with Gasteiger partial charge in [0.25, 0.3) is 6.29 Å². The first kappa shape index (κ1) is 22.2. The second-order valence-corrected chi connectivity index (χ2v) is 6.60. The number of carbonyl (C=O) groups is 3. The van der Waals surface area contributed by atoms with Gasteiger partial charge in [-0.25, -0.2) is 4.79 Å². The third-order valence-electron chi connectivity index (χ3n) is 4.02. The molecule has 1 amide bonds. The van der Waals surface area contributed by atoms with Crippen LogP contribution in [-0.4, -0.2) is 35.5 Å². The van der Waals surface area contributed by atoms with Gasteiger partial charge in [0.05, 0.1) is 6.42 Å². The minimum atomic E-state index is -1.00. The van der Waals surface area contributed by atoms with Crippen LogP contribution >= 0.6 is 0 Å². The summed E-state index contributed by atoms with van der Waals surface area (Å²) in [7, 11) is 0. The van der Waals surface area contributed by atoms with Crippen LogP contribution in [0.5, 0.6) is 0 Å².